The minimum atomic E-state index is -3.91. The van der Waals surface area contributed by atoms with E-state index in [0.717, 1.165) is 0 Å². The van der Waals surface area contributed by atoms with Crippen LogP contribution in [0.25, 0.3) is 0 Å². The zero-order valence-electron chi connectivity index (χ0n) is 18.9. The lowest BCUT2D eigenvalue weighted by atomic mass is 10.1. The van der Waals surface area contributed by atoms with Gasteiger partial charge in [-0.1, -0.05) is 41.0 Å². The maximum Gasteiger partial charge on any atom is 0.408 e. The lowest BCUT2D eigenvalue weighted by Crippen LogP contribution is -2.43. The third-order valence-corrected chi connectivity index (χ3v) is 7.49. The molecule has 0 bridgehead atoms. The van der Waals surface area contributed by atoms with Gasteiger partial charge >= 0.3 is 12.1 Å². The summed E-state index contributed by atoms with van der Waals surface area (Å²) in [5.74, 6) is -0.416. The molecule has 2 heterocycles. The van der Waals surface area contributed by atoms with Gasteiger partial charge in [-0.2, -0.15) is 4.31 Å². The van der Waals surface area contributed by atoms with Crippen LogP contribution in [0.5, 0.6) is 0 Å². The number of nitrogens with one attached hydrogen (secondary N) is 1. The zero-order chi connectivity index (χ0) is 25.6. The Labute approximate surface area is 213 Å². The molecule has 2 atom stereocenters. The number of nitrogens with zero attached hydrogens (tertiary/aromatic N) is 2. The van der Waals surface area contributed by atoms with Gasteiger partial charge < -0.3 is 19.3 Å². The number of benzene rings is 1. The Kier molecular flexibility index (Phi) is 9.17. The molecular formula is C22H25Cl2N3O7S. The minimum absolute atomic E-state index is 0.0183. The Morgan fingerprint density at radius 1 is 1.29 bits per heavy atom. The highest BCUT2D eigenvalue weighted by Gasteiger charge is 2.38. The van der Waals surface area contributed by atoms with E-state index in [-0.39, 0.29) is 46.9 Å². The van der Waals surface area contributed by atoms with Gasteiger partial charge in [0.2, 0.25) is 10.0 Å². The quantitative estimate of drug-likeness (QED) is 0.351. The summed E-state index contributed by atoms with van der Waals surface area (Å²) in [6.07, 6.45) is 1.63. The lowest BCUT2D eigenvalue weighted by Gasteiger charge is -2.22. The van der Waals surface area contributed by atoms with Gasteiger partial charge in [0.25, 0.3) is 0 Å². The van der Waals surface area contributed by atoms with Gasteiger partial charge in [0.1, 0.15) is 24.1 Å². The highest BCUT2D eigenvalue weighted by molar-refractivity contribution is 7.89. The van der Waals surface area contributed by atoms with Crippen molar-refractivity contribution < 1.29 is 32.0 Å². The zero-order valence-corrected chi connectivity index (χ0v) is 21.2. The highest BCUT2D eigenvalue weighted by Crippen LogP contribution is 2.37. The Bertz CT molecular complexity index is 1170. The SMILES string of the molecule is C=CCOC(=O)NC(Cc1cc(C2CCCN2S(=O)(=O)c2cc(Cl)cc(Cl)c2)no1)C(=O)OCC. The standard InChI is InChI=1S/C22H25Cl2N3O7S/c1-3-8-33-22(29)25-19(21(28)32-4-2)13-16-12-18(26-34-16)20-6-5-7-27(20)35(30,31)17-10-14(23)9-15(24)11-17/h3,9-12,19-20H,1,4-8,13H2,2H3,(H,25,29). The van der Waals surface area contributed by atoms with E-state index >= 15 is 0 Å². The molecule has 0 saturated carbocycles. The molecule has 2 unspecified atom stereocenters. The number of carbonyl (C=O) groups excluding carboxylic acids is 2. The van der Waals surface area contributed by atoms with Gasteiger partial charge in [-0.15, -0.1) is 0 Å². The van der Waals surface area contributed by atoms with Crippen molar-refractivity contribution in [3.63, 3.8) is 0 Å². The van der Waals surface area contributed by atoms with E-state index < -0.39 is 34.2 Å². The smallest absolute Gasteiger partial charge is 0.408 e. The van der Waals surface area contributed by atoms with Crippen molar-refractivity contribution in [2.75, 3.05) is 19.8 Å². The van der Waals surface area contributed by atoms with E-state index in [0.29, 0.717) is 18.5 Å². The fraction of sp³-hybridized carbons (Fsp3) is 0.409. The first kappa shape index (κ1) is 27.0. The molecule has 1 aliphatic heterocycles. The van der Waals surface area contributed by atoms with Gasteiger partial charge in [0, 0.05) is 29.1 Å². The van der Waals surface area contributed by atoms with Gasteiger partial charge in [-0.05, 0) is 38.0 Å². The molecule has 1 aliphatic rings. The van der Waals surface area contributed by atoms with Crippen LogP contribution in [0.1, 0.15) is 37.3 Å². The van der Waals surface area contributed by atoms with Crippen LogP contribution in [-0.4, -0.2) is 55.7 Å². The first-order valence-electron chi connectivity index (χ1n) is 10.8. The summed E-state index contributed by atoms with van der Waals surface area (Å²) in [6, 6.07) is 4.02. The molecule has 1 fully saturated rings. The normalized spacial score (nSPS) is 17.1. The summed E-state index contributed by atoms with van der Waals surface area (Å²) in [7, 11) is -3.91. The van der Waals surface area contributed by atoms with E-state index in [9.17, 15) is 18.0 Å². The van der Waals surface area contributed by atoms with Crippen LogP contribution in [0, 0.1) is 0 Å². The maximum absolute atomic E-state index is 13.3. The molecule has 10 nitrogen and oxygen atoms in total. The fourth-order valence-corrected chi connectivity index (χ4v) is 6.07. The van der Waals surface area contributed by atoms with Gasteiger partial charge in [-0.25, -0.2) is 18.0 Å². The number of amides is 1. The fourth-order valence-electron chi connectivity index (χ4n) is 3.67. The van der Waals surface area contributed by atoms with Crippen molar-refractivity contribution in [1.29, 1.82) is 0 Å². The molecule has 0 radical (unpaired) electrons. The molecule has 1 amide bonds. The van der Waals surface area contributed by atoms with Crippen molar-refractivity contribution in [1.82, 2.24) is 14.8 Å². The molecule has 190 valence electrons. The Hall–Kier alpha value is -2.60. The van der Waals surface area contributed by atoms with Gasteiger partial charge in [-0.3, -0.25) is 0 Å². The minimum Gasteiger partial charge on any atom is -0.464 e. The largest absolute Gasteiger partial charge is 0.464 e. The molecule has 0 spiro atoms. The summed E-state index contributed by atoms with van der Waals surface area (Å²) in [6.45, 7) is 5.46. The molecule has 2 aromatic rings. The number of hydrogen-bond acceptors (Lipinski definition) is 8. The molecule has 1 saturated heterocycles. The average Bonchev–Trinajstić information content (AvgIpc) is 3.46. The molecule has 1 aromatic carbocycles. The van der Waals surface area contributed by atoms with Crippen LogP contribution in [-0.2, 0) is 30.7 Å². The van der Waals surface area contributed by atoms with Crippen LogP contribution in [0.2, 0.25) is 10.0 Å². The Morgan fingerprint density at radius 3 is 2.66 bits per heavy atom. The molecule has 13 heteroatoms. The van der Waals surface area contributed by atoms with Crippen molar-refractivity contribution in [2.45, 2.75) is 43.2 Å². The van der Waals surface area contributed by atoms with Crippen molar-refractivity contribution in [3.8, 4) is 0 Å². The van der Waals surface area contributed by atoms with E-state index in [1.54, 1.807) is 13.0 Å². The predicted octanol–water partition coefficient (Wildman–Crippen LogP) is 3.89. The molecule has 35 heavy (non-hydrogen) atoms. The number of hydrogen-bond donors (Lipinski definition) is 1. The Balaban J connectivity index is 1.79. The third-order valence-electron chi connectivity index (χ3n) is 5.17. The van der Waals surface area contributed by atoms with Crippen molar-refractivity contribution >= 4 is 45.3 Å². The number of ether oxygens (including phenoxy) is 2. The van der Waals surface area contributed by atoms with E-state index in [4.69, 9.17) is 37.2 Å². The molecular weight excluding hydrogens is 521 g/mol. The Morgan fingerprint density at radius 2 is 2.00 bits per heavy atom. The maximum atomic E-state index is 13.3. The van der Waals surface area contributed by atoms with Crippen LogP contribution in [0.4, 0.5) is 4.79 Å². The van der Waals surface area contributed by atoms with Crippen LogP contribution in [0.15, 0.2) is 46.3 Å². The highest BCUT2D eigenvalue weighted by atomic mass is 35.5. The first-order valence-corrected chi connectivity index (χ1v) is 13.0. The third kappa shape index (κ3) is 6.75. The number of rotatable bonds is 10. The lowest BCUT2D eigenvalue weighted by molar-refractivity contribution is -0.145. The monoisotopic (exact) mass is 545 g/mol. The summed E-state index contributed by atoms with van der Waals surface area (Å²) >= 11 is 12.0. The second-order valence-corrected chi connectivity index (χ2v) is 10.4. The number of carbonyl (C=O) groups is 2. The first-order chi connectivity index (χ1) is 16.6. The number of esters is 1. The molecule has 1 aromatic heterocycles. The number of sulfonamides is 1. The molecule has 3 rings (SSSR count). The second-order valence-electron chi connectivity index (χ2n) is 7.64. The van der Waals surface area contributed by atoms with E-state index in [1.807, 2.05) is 0 Å². The summed E-state index contributed by atoms with van der Waals surface area (Å²) in [5.41, 5.74) is 0.381. The van der Waals surface area contributed by atoms with Crippen molar-refractivity contribution in [3.05, 3.63) is 58.4 Å². The molecule has 1 N–H and O–H groups in total. The van der Waals surface area contributed by atoms with Crippen molar-refractivity contribution in [2.24, 2.45) is 0 Å². The van der Waals surface area contributed by atoms with Crippen LogP contribution in [0.3, 0.4) is 0 Å². The topological polar surface area (TPSA) is 128 Å². The van der Waals surface area contributed by atoms with Gasteiger partial charge in [0.15, 0.2) is 0 Å². The number of alkyl carbamates (subject to hydrolysis) is 1. The summed E-state index contributed by atoms with van der Waals surface area (Å²) < 4.78 is 43.2. The van der Waals surface area contributed by atoms with Crippen LogP contribution < -0.4 is 5.32 Å². The predicted molar refractivity (Wildman–Crippen MR) is 128 cm³/mol. The molecule has 0 aliphatic carbocycles. The summed E-state index contributed by atoms with van der Waals surface area (Å²) in [4.78, 5) is 24.2. The van der Waals surface area contributed by atoms with Gasteiger partial charge in [0.05, 0.1) is 17.5 Å². The number of aromatic nitrogens is 1. The van der Waals surface area contributed by atoms with Crippen LogP contribution >= 0.6 is 23.2 Å². The van der Waals surface area contributed by atoms with E-state index in [2.05, 4.69) is 17.1 Å². The average molecular weight is 546 g/mol. The number of halogens is 2. The van der Waals surface area contributed by atoms with E-state index in [1.165, 1.54) is 28.6 Å². The summed E-state index contributed by atoms with van der Waals surface area (Å²) in [5, 5.41) is 6.88. The second kappa shape index (κ2) is 11.9.